The molecular formula is C23H43N13O7Zn2. The Labute approximate surface area is 287 Å². The van der Waals surface area contributed by atoms with Crippen molar-refractivity contribution in [1.29, 1.82) is 0 Å². The van der Waals surface area contributed by atoms with Crippen LogP contribution in [0.1, 0.15) is 75.4 Å². The van der Waals surface area contributed by atoms with Crippen molar-refractivity contribution in [2.75, 3.05) is 14.1 Å². The molecule has 0 aliphatic rings. The topological polar surface area (TPSA) is 371 Å². The van der Waals surface area contributed by atoms with Gasteiger partial charge in [-0.2, -0.15) is 20.4 Å². The molecule has 0 fully saturated rings. The molecule has 0 spiro atoms. The van der Waals surface area contributed by atoms with Crippen LogP contribution in [0, 0.1) is 13.8 Å². The van der Waals surface area contributed by atoms with Crippen LogP contribution in [0.15, 0.2) is 20.4 Å². The van der Waals surface area contributed by atoms with Crippen LogP contribution in [0.5, 0.6) is 0 Å². The smallest absolute Gasteiger partial charge is 0.573 e. The Morgan fingerprint density at radius 3 is 1.02 bits per heavy atom. The van der Waals surface area contributed by atoms with Crippen LogP contribution in [0.25, 0.3) is 0 Å². The Morgan fingerprint density at radius 1 is 0.667 bits per heavy atom. The maximum Gasteiger partial charge on any atom is 2.00 e. The van der Waals surface area contributed by atoms with E-state index in [1.54, 1.807) is 41.8 Å². The Morgan fingerprint density at radius 2 is 0.867 bits per heavy atom. The molecule has 2 heterocycles. The molecule has 0 saturated carbocycles. The van der Waals surface area contributed by atoms with Gasteiger partial charge in [0.25, 0.3) is 0 Å². The van der Waals surface area contributed by atoms with E-state index in [4.69, 9.17) is 43.2 Å². The fourth-order valence-electron chi connectivity index (χ4n) is 2.34. The molecule has 0 bridgehead atoms. The maximum atomic E-state index is 9.43. The van der Waals surface area contributed by atoms with Crippen molar-refractivity contribution >= 4 is 41.2 Å². The molecule has 22 heteroatoms. The van der Waals surface area contributed by atoms with Crippen LogP contribution in [-0.2, 0) is 53.3 Å². The Balaban J connectivity index is -0.0000000874. The van der Waals surface area contributed by atoms with Crippen molar-refractivity contribution in [2.24, 2.45) is 43.8 Å². The van der Waals surface area contributed by atoms with Crippen molar-refractivity contribution in [3.63, 3.8) is 0 Å². The summed E-state index contributed by atoms with van der Waals surface area (Å²) < 4.78 is 0. The van der Waals surface area contributed by atoms with Gasteiger partial charge in [-0.25, -0.2) is 0 Å². The molecule has 20 nitrogen and oxygen atoms in total. The monoisotopic (exact) mass is 741 g/mol. The Kier molecular flexibility index (Phi) is 39.4. The van der Waals surface area contributed by atoms with E-state index in [-0.39, 0.29) is 49.9 Å². The minimum atomic E-state index is -1.08. The molecule has 2 aromatic heterocycles. The standard InChI is InChI=1S/2C8H13N6.C3H7NO.2C2H4O2.2H2O.2Zn/c2*1-4-7(5(2)11-9)13-14-8(4)6(3)12-10;1-4(2)3-5;2*1-2(3)4;;;;/h2*9-10H2,1-3H3;3H,1-2H3;2*1H3,(H,3,4);2*1H2;;/q2*-1;;;;;;2*+2/p-2/b2*11-5+,12-6+;;;;;;;. The minimum Gasteiger partial charge on any atom is -0.573 e. The number of hydrogen-bond donors (Lipinski definition) is 4. The normalized spacial score (nSPS) is 10.2. The van der Waals surface area contributed by atoms with E-state index in [9.17, 15) is 4.79 Å². The second-order valence-electron chi connectivity index (χ2n) is 7.95. The summed E-state index contributed by atoms with van der Waals surface area (Å²) in [4.78, 5) is 28.7. The van der Waals surface area contributed by atoms with Crippen LogP contribution < -0.4 is 43.8 Å². The predicted octanol–water partition coefficient (Wildman–Crippen LogP) is -5.01. The molecule has 0 aliphatic heterocycles. The third-order valence-corrected chi connectivity index (χ3v) is 4.28. The summed E-state index contributed by atoms with van der Waals surface area (Å²) in [5.41, 5.74) is 7.10. The van der Waals surface area contributed by atoms with Gasteiger partial charge in [-0.1, -0.05) is 11.4 Å². The number of carbonyl (C=O) groups excluding carboxylic acids is 3. The molecule has 0 atom stereocenters. The van der Waals surface area contributed by atoms with Crippen molar-refractivity contribution in [1.82, 2.24) is 25.3 Å². The number of amides is 1. The molecule has 1 amide bonds. The van der Waals surface area contributed by atoms with Gasteiger partial charge in [-0.05, 0) is 66.5 Å². The molecule has 2 aromatic rings. The Bertz CT molecular complexity index is 1070. The number of carboxylic acids is 2. The van der Waals surface area contributed by atoms with Crippen LogP contribution in [-0.4, -0.2) is 81.3 Å². The first-order valence-corrected chi connectivity index (χ1v) is 11.4. The number of rotatable bonds is 5. The summed E-state index contributed by atoms with van der Waals surface area (Å²) in [6, 6.07) is 0. The molecular weight excluding hydrogens is 701 g/mol. The Hall–Kier alpha value is -4.12. The average molecular weight is 744 g/mol. The summed E-state index contributed by atoms with van der Waals surface area (Å²) in [5, 5.41) is 47.9. The molecule has 0 unspecified atom stereocenters. The van der Waals surface area contributed by atoms with E-state index < -0.39 is 11.9 Å². The molecule has 246 valence electrons. The second-order valence-corrected chi connectivity index (χ2v) is 7.95. The van der Waals surface area contributed by atoms with Gasteiger partial charge in [0, 0.05) is 37.5 Å². The zero-order chi connectivity index (χ0) is 32.9. The fourth-order valence-corrected chi connectivity index (χ4v) is 2.34. The minimum absolute atomic E-state index is 0. The van der Waals surface area contributed by atoms with E-state index in [0.29, 0.717) is 45.6 Å². The van der Waals surface area contributed by atoms with E-state index in [1.807, 2.05) is 13.8 Å². The zero-order valence-electron chi connectivity index (χ0n) is 27.4. The van der Waals surface area contributed by atoms with Gasteiger partial charge in [0.1, 0.15) is 0 Å². The van der Waals surface area contributed by atoms with Gasteiger partial charge in [0.15, 0.2) is 0 Å². The van der Waals surface area contributed by atoms with Gasteiger partial charge >= 0.3 is 39.0 Å². The number of hydrogen-bond acceptors (Lipinski definition) is 15. The third kappa shape index (κ3) is 25.0. The summed E-state index contributed by atoms with van der Waals surface area (Å²) >= 11 is 0. The summed E-state index contributed by atoms with van der Waals surface area (Å²) in [7, 11) is 3.38. The first-order valence-electron chi connectivity index (χ1n) is 11.4. The molecule has 45 heavy (non-hydrogen) atoms. The number of nitrogens with zero attached hydrogens (tertiary/aromatic N) is 9. The summed E-state index contributed by atoms with van der Waals surface area (Å²) in [6.45, 7) is 12.8. The number of hydrazone groups is 4. The first kappa shape index (κ1) is 56.6. The number of aliphatic carboxylic acids is 2. The molecule has 0 saturated heterocycles. The van der Waals surface area contributed by atoms with Crippen LogP contribution >= 0.6 is 0 Å². The largest absolute Gasteiger partial charge is 2.00 e. The van der Waals surface area contributed by atoms with Gasteiger partial charge < -0.3 is 79.4 Å². The van der Waals surface area contributed by atoms with Crippen molar-refractivity contribution < 1.29 is 74.5 Å². The molecule has 2 rings (SSSR count). The quantitative estimate of drug-likeness (QED) is 0.0733. The van der Waals surface area contributed by atoms with Gasteiger partial charge in [-0.15, -0.1) is 0 Å². The SMILES string of the molecule is C/C(=N\N)c1n[n-]c(/C(C)=N/N)c1C.C/C(=N\N)c1n[n-]c(/C(C)=N/N)c1C.CC(=O)[O-].CC(=O)[O-].CN(C)C=O.O.O.[Zn+2].[Zn+2]. The van der Waals surface area contributed by atoms with Gasteiger partial charge in [-0.3, -0.25) is 4.79 Å². The van der Waals surface area contributed by atoms with E-state index in [2.05, 4.69) is 40.8 Å². The predicted molar refractivity (Wildman–Crippen MR) is 159 cm³/mol. The maximum absolute atomic E-state index is 9.43. The van der Waals surface area contributed by atoms with Gasteiger partial charge in [0.05, 0.1) is 22.8 Å². The number of nitrogens with two attached hydrogens (primary N) is 4. The summed E-state index contributed by atoms with van der Waals surface area (Å²) in [5.74, 6) is 18.5. The van der Waals surface area contributed by atoms with E-state index in [0.717, 1.165) is 31.4 Å². The first-order chi connectivity index (χ1) is 19.0. The van der Waals surface area contributed by atoms with Crippen LogP contribution in [0.3, 0.4) is 0 Å². The van der Waals surface area contributed by atoms with Crippen molar-refractivity contribution in [3.05, 3.63) is 33.9 Å². The fraction of sp³-hybridized carbons (Fsp3) is 0.435. The third-order valence-electron chi connectivity index (χ3n) is 4.28. The summed E-state index contributed by atoms with van der Waals surface area (Å²) in [6.07, 6.45) is 0.750. The molecule has 0 aliphatic carbocycles. The second kappa shape index (κ2) is 31.3. The van der Waals surface area contributed by atoms with Crippen LogP contribution in [0.4, 0.5) is 0 Å². The van der Waals surface area contributed by atoms with Gasteiger partial charge in [0.2, 0.25) is 6.41 Å². The number of carbonyl (C=O) groups is 3. The number of aromatic nitrogens is 4. The van der Waals surface area contributed by atoms with Crippen molar-refractivity contribution in [2.45, 2.75) is 55.4 Å². The molecule has 0 radical (unpaired) electrons. The molecule has 12 N–H and O–H groups in total. The van der Waals surface area contributed by atoms with E-state index >= 15 is 0 Å². The molecule has 0 aromatic carbocycles. The van der Waals surface area contributed by atoms with Crippen molar-refractivity contribution in [3.8, 4) is 0 Å². The number of carboxylic acid groups (broad SMARTS) is 2. The average Bonchev–Trinajstić information content (AvgIpc) is 3.49. The zero-order valence-corrected chi connectivity index (χ0v) is 33.3. The van der Waals surface area contributed by atoms with E-state index in [1.165, 1.54) is 4.90 Å². The van der Waals surface area contributed by atoms with Crippen LogP contribution in [0.2, 0.25) is 0 Å².